The Labute approximate surface area is 356 Å². The molecule has 9 aromatic rings. The van der Waals surface area contributed by atoms with Crippen molar-refractivity contribution in [3.8, 4) is 0 Å². The number of hydrogen-bond acceptors (Lipinski definition) is 5. The molecule has 9 rings (SSSR count). The molecule has 5 nitrogen and oxygen atoms in total. The van der Waals surface area contributed by atoms with Crippen LogP contribution in [-0.2, 0) is 0 Å². The minimum Gasteiger partial charge on any atom is -0.311 e. The topological polar surface area (TPSA) is 43.9 Å². The molecule has 0 aliphatic rings. The van der Waals surface area contributed by atoms with E-state index >= 15 is 0 Å². The standard InChI is InChI=1S/C56H41N3O2/c60-55(42-17-6-1-7-18-42)44-19-16-20-45(41-44)56(61)43-29-31-50(32-30-43)59(53-37-33-51(34-38-53)57(46-21-8-2-9-22-46)47-23-10-3-11-24-47)54-39-35-52(36-40-54)58(48-25-12-4-13-26-48)49-27-14-5-15-28-49/h1-41H. The van der Waals surface area contributed by atoms with Crippen LogP contribution in [0, 0.1) is 0 Å². The molecule has 0 fully saturated rings. The fourth-order valence-corrected chi connectivity index (χ4v) is 7.64. The zero-order valence-electron chi connectivity index (χ0n) is 33.3. The van der Waals surface area contributed by atoms with E-state index in [0.717, 1.165) is 51.2 Å². The summed E-state index contributed by atoms with van der Waals surface area (Å²) in [6.07, 6.45) is 0. The second kappa shape index (κ2) is 17.7. The first-order valence-corrected chi connectivity index (χ1v) is 20.3. The van der Waals surface area contributed by atoms with Gasteiger partial charge in [-0.1, -0.05) is 121 Å². The number of hydrogen-bond donors (Lipinski definition) is 0. The first kappa shape index (κ1) is 38.2. The third-order valence-corrected chi connectivity index (χ3v) is 10.6. The van der Waals surface area contributed by atoms with Gasteiger partial charge in [0.25, 0.3) is 0 Å². The number of ketones is 2. The van der Waals surface area contributed by atoms with Gasteiger partial charge in [0.2, 0.25) is 0 Å². The monoisotopic (exact) mass is 787 g/mol. The highest BCUT2D eigenvalue weighted by atomic mass is 16.1. The Hall–Kier alpha value is -8.28. The van der Waals surface area contributed by atoms with Crippen molar-refractivity contribution in [1.29, 1.82) is 0 Å². The Morgan fingerprint density at radius 3 is 0.721 bits per heavy atom. The van der Waals surface area contributed by atoms with Crippen LogP contribution in [0.5, 0.6) is 0 Å². The maximum atomic E-state index is 13.9. The summed E-state index contributed by atoms with van der Waals surface area (Å²) < 4.78 is 0. The number of carbonyl (C=O) groups excluding carboxylic acids is 2. The van der Waals surface area contributed by atoms with Crippen molar-refractivity contribution < 1.29 is 9.59 Å². The number of nitrogens with zero attached hydrogens (tertiary/aromatic N) is 3. The van der Waals surface area contributed by atoms with Crippen molar-refractivity contribution in [3.05, 3.63) is 271 Å². The average Bonchev–Trinajstić information content (AvgIpc) is 3.34. The van der Waals surface area contributed by atoms with E-state index in [1.807, 2.05) is 66.7 Å². The van der Waals surface area contributed by atoms with Crippen LogP contribution in [0.4, 0.5) is 51.2 Å². The molecule has 0 heterocycles. The third-order valence-electron chi connectivity index (χ3n) is 10.6. The SMILES string of the molecule is O=C(c1ccccc1)c1cccc(C(=O)c2ccc(N(c3ccc(N(c4ccccc4)c4ccccc4)cc3)c3ccc(N(c4ccccc4)c4ccccc4)cc3)cc2)c1. The molecule has 0 aliphatic carbocycles. The Kier molecular flexibility index (Phi) is 11.1. The number of para-hydroxylation sites is 4. The van der Waals surface area contributed by atoms with E-state index in [1.54, 1.807) is 36.4 Å². The summed E-state index contributed by atoms with van der Waals surface area (Å²) in [5.74, 6) is -0.275. The fourth-order valence-electron chi connectivity index (χ4n) is 7.64. The van der Waals surface area contributed by atoms with E-state index in [-0.39, 0.29) is 11.6 Å². The largest absolute Gasteiger partial charge is 0.311 e. The second-order valence-corrected chi connectivity index (χ2v) is 14.5. The van der Waals surface area contributed by atoms with E-state index in [2.05, 4.69) is 160 Å². The zero-order valence-corrected chi connectivity index (χ0v) is 33.3. The van der Waals surface area contributed by atoms with Gasteiger partial charge in [-0.05, 0) is 127 Å². The van der Waals surface area contributed by atoms with Gasteiger partial charge in [-0.3, -0.25) is 9.59 Å². The maximum Gasteiger partial charge on any atom is 0.193 e. The molecule has 0 amide bonds. The molecule has 0 aliphatic heterocycles. The Balaban J connectivity index is 1.08. The number of anilines is 9. The van der Waals surface area contributed by atoms with Crippen molar-refractivity contribution >= 4 is 62.8 Å². The third kappa shape index (κ3) is 8.35. The van der Waals surface area contributed by atoms with Crippen molar-refractivity contribution in [2.75, 3.05) is 14.7 Å². The van der Waals surface area contributed by atoms with Crippen LogP contribution < -0.4 is 14.7 Å². The van der Waals surface area contributed by atoms with Gasteiger partial charge < -0.3 is 14.7 Å². The van der Waals surface area contributed by atoms with E-state index < -0.39 is 0 Å². The maximum absolute atomic E-state index is 13.9. The van der Waals surface area contributed by atoms with Gasteiger partial charge in [0.05, 0.1) is 0 Å². The van der Waals surface area contributed by atoms with Gasteiger partial charge in [-0.25, -0.2) is 0 Å². The molecule has 0 unspecified atom stereocenters. The highest BCUT2D eigenvalue weighted by molar-refractivity contribution is 6.13. The van der Waals surface area contributed by atoms with Crippen LogP contribution in [-0.4, -0.2) is 11.6 Å². The Morgan fingerprint density at radius 1 is 0.213 bits per heavy atom. The molecular formula is C56H41N3O2. The first-order valence-electron chi connectivity index (χ1n) is 20.3. The van der Waals surface area contributed by atoms with Gasteiger partial charge in [-0.2, -0.15) is 0 Å². The minimum absolute atomic E-state index is 0.121. The summed E-state index contributed by atoms with van der Waals surface area (Å²) in [7, 11) is 0. The molecule has 0 saturated carbocycles. The molecule has 9 aromatic carbocycles. The van der Waals surface area contributed by atoms with Gasteiger partial charge in [0, 0.05) is 73.4 Å². The first-order chi connectivity index (χ1) is 30.1. The zero-order chi connectivity index (χ0) is 41.4. The molecule has 5 heteroatoms. The lowest BCUT2D eigenvalue weighted by Gasteiger charge is -2.29. The molecule has 0 bridgehead atoms. The number of rotatable bonds is 13. The van der Waals surface area contributed by atoms with Crippen LogP contribution in [0.15, 0.2) is 249 Å². The van der Waals surface area contributed by atoms with Crippen LogP contribution in [0.2, 0.25) is 0 Å². The molecule has 0 radical (unpaired) electrons. The Morgan fingerprint density at radius 2 is 0.426 bits per heavy atom. The smallest absolute Gasteiger partial charge is 0.193 e. The lowest BCUT2D eigenvalue weighted by Crippen LogP contribution is -2.13. The minimum atomic E-state index is -0.154. The summed E-state index contributed by atoms with van der Waals surface area (Å²) >= 11 is 0. The van der Waals surface area contributed by atoms with Crippen LogP contribution in [0.1, 0.15) is 31.8 Å². The van der Waals surface area contributed by atoms with Crippen molar-refractivity contribution in [2.24, 2.45) is 0 Å². The lowest BCUT2D eigenvalue weighted by atomic mass is 9.97. The van der Waals surface area contributed by atoms with E-state index in [9.17, 15) is 9.59 Å². The van der Waals surface area contributed by atoms with Crippen LogP contribution in [0.3, 0.4) is 0 Å². The van der Waals surface area contributed by atoms with Crippen molar-refractivity contribution in [3.63, 3.8) is 0 Å². The fraction of sp³-hybridized carbons (Fsp3) is 0. The molecule has 61 heavy (non-hydrogen) atoms. The van der Waals surface area contributed by atoms with Crippen molar-refractivity contribution in [1.82, 2.24) is 0 Å². The van der Waals surface area contributed by atoms with E-state index in [0.29, 0.717) is 22.3 Å². The van der Waals surface area contributed by atoms with Gasteiger partial charge >= 0.3 is 0 Å². The van der Waals surface area contributed by atoms with E-state index in [1.165, 1.54) is 0 Å². The summed E-state index contributed by atoms with van der Waals surface area (Å²) in [4.78, 5) is 33.8. The summed E-state index contributed by atoms with van der Waals surface area (Å²) in [6.45, 7) is 0. The predicted octanol–water partition coefficient (Wildman–Crippen LogP) is 14.6. The van der Waals surface area contributed by atoms with Crippen LogP contribution >= 0.6 is 0 Å². The summed E-state index contributed by atoms with van der Waals surface area (Å²) in [5, 5.41) is 0. The highest BCUT2D eigenvalue weighted by Gasteiger charge is 2.19. The highest BCUT2D eigenvalue weighted by Crippen LogP contribution is 2.41. The molecule has 0 spiro atoms. The predicted molar refractivity (Wildman–Crippen MR) is 250 cm³/mol. The Bertz CT molecular complexity index is 2650. The van der Waals surface area contributed by atoms with Gasteiger partial charge in [0.15, 0.2) is 11.6 Å². The summed E-state index contributed by atoms with van der Waals surface area (Å²) in [6, 6.07) is 82.3. The number of carbonyl (C=O) groups is 2. The van der Waals surface area contributed by atoms with Gasteiger partial charge in [0.1, 0.15) is 0 Å². The summed E-state index contributed by atoms with van der Waals surface area (Å²) in [5.41, 5.74) is 11.1. The van der Waals surface area contributed by atoms with Crippen molar-refractivity contribution in [2.45, 2.75) is 0 Å². The number of benzene rings is 9. The van der Waals surface area contributed by atoms with E-state index in [4.69, 9.17) is 0 Å². The molecule has 0 aromatic heterocycles. The normalized spacial score (nSPS) is 10.8. The quantitative estimate of drug-likeness (QED) is 0.109. The second-order valence-electron chi connectivity index (χ2n) is 14.5. The van der Waals surface area contributed by atoms with Gasteiger partial charge in [-0.15, -0.1) is 0 Å². The molecule has 0 N–H and O–H groups in total. The molecule has 0 saturated heterocycles. The molecule has 0 atom stereocenters. The molecular weight excluding hydrogens is 747 g/mol. The average molecular weight is 788 g/mol. The molecule has 292 valence electrons. The van der Waals surface area contributed by atoms with Crippen LogP contribution in [0.25, 0.3) is 0 Å². The lowest BCUT2D eigenvalue weighted by molar-refractivity contribution is 0.103.